The fraction of sp³-hybridized carbons (Fsp3) is 0.273. The fourth-order valence-corrected chi connectivity index (χ4v) is 1.37. The summed E-state index contributed by atoms with van der Waals surface area (Å²) in [6, 6.07) is 1.38. The van der Waals surface area contributed by atoms with Gasteiger partial charge in [0.15, 0.2) is 11.4 Å². The first kappa shape index (κ1) is 12.0. The van der Waals surface area contributed by atoms with Crippen LogP contribution in [-0.2, 0) is 6.54 Å². The van der Waals surface area contributed by atoms with Crippen molar-refractivity contribution in [1.82, 2.24) is 19.7 Å². The van der Waals surface area contributed by atoms with Crippen molar-refractivity contribution in [2.45, 2.75) is 20.4 Å². The van der Waals surface area contributed by atoms with E-state index in [1.54, 1.807) is 17.8 Å². The zero-order valence-corrected chi connectivity index (χ0v) is 9.99. The molecule has 0 aliphatic heterocycles. The molecular formula is C11H12N4O3. The highest BCUT2D eigenvalue weighted by atomic mass is 16.5. The van der Waals surface area contributed by atoms with Gasteiger partial charge < -0.3 is 9.84 Å². The number of carboxylic acid groups (broad SMARTS) is 1. The maximum absolute atomic E-state index is 10.8. The second-order valence-electron chi connectivity index (χ2n) is 3.62. The first-order valence-corrected chi connectivity index (χ1v) is 5.37. The maximum Gasteiger partial charge on any atom is 0.354 e. The molecule has 2 aromatic rings. The molecule has 0 unspecified atom stereocenters. The maximum atomic E-state index is 10.8. The van der Waals surface area contributed by atoms with Crippen molar-refractivity contribution in [3.05, 3.63) is 29.8 Å². The molecule has 0 atom stereocenters. The van der Waals surface area contributed by atoms with Crippen molar-refractivity contribution in [2.75, 3.05) is 0 Å². The van der Waals surface area contributed by atoms with E-state index in [9.17, 15) is 4.79 Å². The lowest BCUT2D eigenvalue weighted by Gasteiger charge is -2.03. The number of aromatic carboxylic acids is 1. The van der Waals surface area contributed by atoms with Crippen LogP contribution in [-0.4, -0.2) is 30.8 Å². The second-order valence-corrected chi connectivity index (χ2v) is 3.62. The number of rotatable bonds is 4. The minimum absolute atomic E-state index is 0.00283. The number of nitrogens with zero attached hydrogens (tertiary/aromatic N) is 4. The van der Waals surface area contributed by atoms with Crippen molar-refractivity contribution in [3.63, 3.8) is 0 Å². The number of carbonyl (C=O) groups is 1. The molecule has 7 nitrogen and oxygen atoms in total. The Kier molecular flexibility index (Phi) is 3.22. The molecule has 0 aromatic carbocycles. The van der Waals surface area contributed by atoms with Gasteiger partial charge in [0.1, 0.15) is 0 Å². The van der Waals surface area contributed by atoms with Gasteiger partial charge >= 0.3 is 12.0 Å². The molecule has 0 bridgehead atoms. The number of ether oxygens (including phenoxy) is 1. The van der Waals surface area contributed by atoms with Crippen molar-refractivity contribution in [2.24, 2.45) is 0 Å². The van der Waals surface area contributed by atoms with E-state index < -0.39 is 5.97 Å². The minimum Gasteiger partial charge on any atom is -0.477 e. The number of aromatic nitrogens is 4. The highest BCUT2D eigenvalue weighted by Crippen LogP contribution is 2.17. The van der Waals surface area contributed by atoms with Gasteiger partial charge in [-0.3, -0.25) is 4.68 Å². The molecule has 1 N–H and O–H groups in total. The third-order valence-electron chi connectivity index (χ3n) is 2.20. The smallest absolute Gasteiger partial charge is 0.354 e. The van der Waals surface area contributed by atoms with Crippen LogP contribution < -0.4 is 4.74 Å². The Morgan fingerprint density at radius 3 is 2.89 bits per heavy atom. The molecule has 2 rings (SSSR count). The topological polar surface area (TPSA) is 90.1 Å². The van der Waals surface area contributed by atoms with Crippen LogP contribution in [0.1, 0.15) is 23.1 Å². The lowest BCUT2D eigenvalue weighted by Crippen LogP contribution is -2.04. The molecular weight excluding hydrogens is 236 g/mol. The largest absolute Gasteiger partial charge is 0.477 e. The van der Waals surface area contributed by atoms with Crippen LogP contribution in [0.25, 0.3) is 0 Å². The first-order chi connectivity index (χ1) is 8.58. The Labute approximate surface area is 103 Å². The van der Waals surface area contributed by atoms with Gasteiger partial charge in [-0.2, -0.15) is 10.1 Å². The van der Waals surface area contributed by atoms with Crippen LogP contribution in [0.3, 0.4) is 0 Å². The molecule has 0 aliphatic rings. The summed E-state index contributed by atoms with van der Waals surface area (Å²) in [4.78, 5) is 18.7. The Morgan fingerprint density at radius 2 is 2.28 bits per heavy atom. The quantitative estimate of drug-likeness (QED) is 0.881. The average Bonchev–Trinajstić information content (AvgIpc) is 2.76. The summed E-state index contributed by atoms with van der Waals surface area (Å²) < 4.78 is 7.05. The predicted molar refractivity (Wildman–Crippen MR) is 61.7 cm³/mol. The van der Waals surface area contributed by atoms with Crippen molar-refractivity contribution in [3.8, 4) is 11.8 Å². The highest BCUT2D eigenvalue weighted by molar-refractivity contribution is 5.85. The Hall–Kier alpha value is -2.44. The number of aryl methyl sites for hydroxylation is 2. The van der Waals surface area contributed by atoms with E-state index in [1.165, 1.54) is 12.3 Å². The van der Waals surface area contributed by atoms with Gasteiger partial charge in [-0.1, -0.05) is 0 Å². The third-order valence-corrected chi connectivity index (χ3v) is 2.20. The molecule has 18 heavy (non-hydrogen) atoms. The van der Waals surface area contributed by atoms with Gasteiger partial charge in [-0.25, -0.2) is 9.78 Å². The molecule has 0 amide bonds. The van der Waals surface area contributed by atoms with Gasteiger partial charge in [0.2, 0.25) is 0 Å². The summed E-state index contributed by atoms with van der Waals surface area (Å²) in [5.74, 6) is -0.645. The Morgan fingerprint density at radius 1 is 1.50 bits per heavy atom. The van der Waals surface area contributed by atoms with Crippen LogP contribution in [0, 0.1) is 6.92 Å². The number of hydrogen-bond donors (Lipinski definition) is 1. The summed E-state index contributed by atoms with van der Waals surface area (Å²) in [6.45, 7) is 4.34. The fourth-order valence-electron chi connectivity index (χ4n) is 1.37. The van der Waals surface area contributed by atoms with Gasteiger partial charge in [-0.15, -0.1) is 0 Å². The van der Waals surface area contributed by atoms with Gasteiger partial charge in [0.25, 0.3) is 0 Å². The SMILES string of the molecule is CCn1cc(Oc2nc(C)cc(C(=O)O)n2)cn1. The van der Waals surface area contributed by atoms with Crippen LogP contribution in [0.4, 0.5) is 0 Å². The molecule has 2 heterocycles. The van der Waals surface area contributed by atoms with Gasteiger partial charge in [-0.05, 0) is 19.9 Å². The summed E-state index contributed by atoms with van der Waals surface area (Å²) in [6.07, 6.45) is 3.21. The molecule has 7 heteroatoms. The van der Waals surface area contributed by atoms with E-state index in [1.807, 2.05) is 6.92 Å². The number of hydrogen-bond acceptors (Lipinski definition) is 5. The van der Waals surface area contributed by atoms with Crippen molar-refractivity contribution >= 4 is 5.97 Å². The van der Waals surface area contributed by atoms with Crippen LogP contribution >= 0.6 is 0 Å². The van der Waals surface area contributed by atoms with E-state index in [0.29, 0.717) is 11.4 Å². The van der Waals surface area contributed by atoms with E-state index in [2.05, 4.69) is 15.1 Å². The average molecular weight is 248 g/mol. The van der Waals surface area contributed by atoms with Crippen LogP contribution in [0.15, 0.2) is 18.5 Å². The van der Waals surface area contributed by atoms with Crippen LogP contribution in [0.2, 0.25) is 0 Å². The van der Waals surface area contributed by atoms with E-state index in [4.69, 9.17) is 9.84 Å². The normalized spacial score (nSPS) is 10.3. The van der Waals surface area contributed by atoms with Crippen molar-refractivity contribution in [1.29, 1.82) is 0 Å². The Balaban J connectivity index is 2.25. The number of carboxylic acids is 1. The summed E-state index contributed by atoms with van der Waals surface area (Å²) in [7, 11) is 0. The van der Waals surface area contributed by atoms with Gasteiger partial charge in [0, 0.05) is 12.2 Å². The van der Waals surface area contributed by atoms with E-state index in [0.717, 1.165) is 6.54 Å². The molecule has 94 valence electrons. The highest BCUT2D eigenvalue weighted by Gasteiger charge is 2.10. The molecule has 0 aliphatic carbocycles. The monoisotopic (exact) mass is 248 g/mol. The van der Waals surface area contributed by atoms with Crippen molar-refractivity contribution < 1.29 is 14.6 Å². The lowest BCUT2D eigenvalue weighted by atomic mass is 10.3. The first-order valence-electron chi connectivity index (χ1n) is 5.37. The molecule has 0 fully saturated rings. The molecule has 0 spiro atoms. The standard InChI is InChI=1S/C11H12N4O3/c1-3-15-6-8(5-12-15)18-11-13-7(2)4-9(14-11)10(16)17/h4-6H,3H2,1-2H3,(H,16,17). The molecule has 0 radical (unpaired) electrons. The van der Waals surface area contributed by atoms with Crippen LogP contribution in [0.5, 0.6) is 11.8 Å². The third kappa shape index (κ3) is 2.62. The zero-order chi connectivity index (χ0) is 13.1. The molecule has 0 saturated carbocycles. The molecule has 0 saturated heterocycles. The Bertz CT molecular complexity index is 579. The predicted octanol–water partition coefficient (Wildman–Crippen LogP) is 1.49. The van der Waals surface area contributed by atoms with Gasteiger partial charge in [0.05, 0.1) is 12.4 Å². The summed E-state index contributed by atoms with van der Waals surface area (Å²) in [5.41, 5.74) is 0.431. The second kappa shape index (κ2) is 4.82. The summed E-state index contributed by atoms with van der Waals surface area (Å²) >= 11 is 0. The lowest BCUT2D eigenvalue weighted by molar-refractivity contribution is 0.0689. The minimum atomic E-state index is -1.12. The van der Waals surface area contributed by atoms with E-state index >= 15 is 0 Å². The zero-order valence-electron chi connectivity index (χ0n) is 9.99. The molecule has 2 aromatic heterocycles. The van der Waals surface area contributed by atoms with E-state index in [-0.39, 0.29) is 11.7 Å². The summed E-state index contributed by atoms with van der Waals surface area (Å²) in [5, 5.41) is 12.9.